The van der Waals surface area contributed by atoms with Crippen LogP contribution in [0.4, 0.5) is 0 Å². The molecule has 128 valence electrons. The van der Waals surface area contributed by atoms with Crippen LogP contribution in [0.25, 0.3) is 0 Å². The van der Waals surface area contributed by atoms with Crippen molar-refractivity contribution in [2.24, 2.45) is 0 Å². The first-order chi connectivity index (χ1) is 12.2. The molecule has 1 heterocycles. The monoisotopic (exact) mass is 352 g/mol. The first-order valence-electron chi connectivity index (χ1n) is 8.13. The molecule has 0 spiro atoms. The van der Waals surface area contributed by atoms with Crippen molar-refractivity contribution < 1.29 is 4.79 Å². The highest BCUT2D eigenvalue weighted by atomic mass is 32.2. The number of nitrogens with zero attached hydrogens (tertiary/aromatic N) is 2. The molecule has 1 amide bonds. The predicted molar refractivity (Wildman–Crippen MR) is 99.6 cm³/mol. The topological polar surface area (TPSA) is 70.7 Å². The minimum absolute atomic E-state index is 0.00386. The largest absolute Gasteiger partial charge is 0.354 e. The Bertz CT molecular complexity index is 765. The molecule has 0 saturated carbocycles. The molecule has 0 saturated heterocycles. The summed E-state index contributed by atoms with van der Waals surface area (Å²) < 4.78 is 0. The number of thioether (sulfide) groups is 1. The number of hydrogen-bond acceptors (Lipinski definition) is 4. The standard InChI is InChI=1S/C19H20N4OS/c1-14-21-19(23-22-14)25-13-12-20-18(24)17(15-8-4-2-5-9-15)16-10-6-3-7-11-16/h2-11,17H,12-13H2,1H3,(H,20,24)(H,21,22,23). The maximum absolute atomic E-state index is 12.8. The van der Waals surface area contributed by atoms with Gasteiger partial charge in [0.25, 0.3) is 0 Å². The van der Waals surface area contributed by atoms with E-state index in [-0.39, 0.29) is 11.8 Å². The second-order valence-electron chi connectivity index (χ2n) is 5.60. The predicted octanol–water partition coefficient (Wildman–Crippen LogP) is 3.15. The third kappa shape index (κ3) is 4.70. The number of amides is 1. The minimum atomic E-state index is -0.307. The molecule has 0 aliphatic heterocycles. The lowest BCUT2D eigenvalue weighted by molar-refractivity contribution is -0.121. The summed E-state index contributed by atoms with van der Waals surface area (Å²) in [7, 11) is 0. The minimum Gasteiger partial charge on any atom is -0.354 e. The summed E-state index contributed by atoms with van der Waals surface area (Å²) in [4.78, 5) is 17.0. The molecule has 0 fully saturated rings. The van der Waals surface area contributed by atoms with Gasteiger partial charge >= 0.3 is 0 Å². The van der Waals surface area contributed by atoms with E-state index >= 15 is 0 Å². The number of hydrogen-bond donors (Lipinski definition) is 2. The fourth-order valence-electron chi connectivity index (χ4n) is 2.59. The van der Waals surface area contributed by atoms with Crippen molar-refractivity contribution in [1.82, 2.24) is 20.5 Å². The Labute approximate surface area is 151 Å². The highest BCUT2D eigenvalue weighted by molar-refractivity contribution is 7.99. The van der Waals surface area contributed by atoms with E-state index in [9.17, 15) is 4.79 Å². The molecular weight excluding hydrogens is 332 g/mol. The number of carbonyl (C=O) groups is 1. The Kier molecular flexibility index (Phi) is 5.85. The Morgan fingerprint density at radius 3 is 2.20 bits per heavy atom. The van der Waals surface area contributed by atoms with Crippen LogP contribution in [0.5, 0.6) is 0 Å². The molecule has 25 heavy (non-hydrogen) atoms. The van der Waals surface area contributed by atoms with Gasteiger partial charge in [-0.05, 0) is 18.1 Å². The molecule has 0 bridgehead atoms. The first-order valence-corrected chi connectivity index (χ1v) is 9.12. The zero-order valence-corrected chi connectivity index (χ0v) is 14.8. The number of aromatic amines is 1. The maximum atomic E-state index is 12.8. The quantitative estimate of drug-likeness (QED) is 0.506. The van der Waals surface area contributed by atoms with E-state index in [0.717, 1.165) is 22.7 Å². The van der Waals surface area contributed by atoms with Crippen molar-refractivity contribution in [2.45, 2.75) is 18.0 Å². The third-order valence-corrected chi connectivity index (χ3v) is 4.59. The SMILES string of the molecule is Cc1nc(SCCNC(=O)C(c2ccccc2)c2ccccc2)n[nH]1. The molecule has 2 N–H and O–H groups in total. The Balaban J connectivity index is 1.63. The number of rotatable bonds is 7. The molecule has 6 heteroatoms. The van der Waals surface area contributed by atoms with Gasteiger partial charge in [-0.15, -0.1) is 5.10 Å². The number of benzene rings is 2. The van der Waals surface area contributed by atoms with Gasteiger partial charge in [-0.3, -0.25) is 9.89 Å². The van der Waals surface area contributed by atoms with Crippen LogP contribution in [0.2, 0.25) is 0 Å². The van der Waals surface area contributed by atoms with E-state index in [1.807, 2.05) is 67.6 Å². The normalized spacial score (nSPS) is 10.8. The summed E-state index contributed by atoms with van der Waals surface area (Å²) in [5.41, 5.74) is 1.98. The lowest BCUT2D eigenvalue weighted by Gasteiger charge is -2.17. The molecule has 3 aromatic rings. The van der Waals surface area contributed by atoms with Crippen LogP contribution in [-0.2, 0) is 4.79 Å². The molecule has 1 aromatic heterocycles. The van der Waals surface area contributed by atoms with Crippen molar-refractivity contribution in [3.8, 4) is 0 Å². The van der Waals surface area contributed by atoms with Gasteiger partial charge < -0.3 is 5.32 Å². The van der Waals surface area contributed by atoms with Crippen molar-refractivity contribution in [3.63, 3.8) is 0 Å². The highest BCUT2D eigenvalue weighted by Gasteiger charge is 2.21. The fourth-order valence-corrected chi connectivity index (χ4v) is 3.29. The summed E-state index contributed by atoms with van der Waals surface area (Å²) in [5.74, 6) is 1.21. The van der Waals surface area contributed by atoms with E-state index in [1.54, 1.807) is 0 Å². The van der Waals surface area contributed by atoms with Gasteiger partial charge in [-0.25, -0.2) is 4.98 Å². The van der Waals surface area contributed by atoms with E-state index in [0.29, 0.717) is 11.7 Å². The molecule has 0 aliphatic rings. The van der Waals surface area contributed by atoms with Crippen LogP contribution in [0.3, 0.4) is 0 Å². The van der Waals surface area contributed by atoms with Gasteiger partial charge in [0.2, 0.25) is 11.1 Å². The molecule has 3 rings (SSSR count). The van der Waals surface area contributed by atoms with Crippen LogP contribution in [0.15, 0.2) is 65.8 Å². The lowest BCUT2D eigenvalue weighted by atomic mass is 9.90. The van der Waals surface area contributed by atoms with Crippen molar-refractivity contribution in [2.75, 3.05) is 12.3 Å². The summed E-state index contributed by atoms with van der Waals surface area (Å²) in [5, 5.41) is 10.6. The number of aryl methyl sites for hydroxylation is 1. The Morgan fingerprint density at radius 2 is 1.68 bits per heavy atom. The summed E-state index contributed by atoms with van der Waals surface area (Å²) >= 11 is 1.52. The zero-order valence-electron chi connectivity index (χ0n) is 14.0. The summed E-state index contributed by atoms with van der Waals surface area (Å²) in [6.45, 7) is 2.43. The van der Waals surface area contributed by atoms with Gasteiger partial charge in [0.1, 0.15) is 5.82 Å². The first kappa shape index (κ1) is 17.2. The van der Waals surface area contributed by atoms with Crippen molar-refractivity contribution >= 4 is 17.7 Å². The zero-order chi connectivity index (χ0) is 17.5. The number of H-pyrrole nitrogens is 1. The Morgan fingerprint density at radius 1 is 1.08 bits per heavy atom. The molecule has 0 atom stereocenters. The lowest BCUT2D eigenvalue weighted by Crippen LogP contribution is -2.31. The summed E-state index contributed by atoms with van der Waals surface area (Å²) in [6.07, 6.45) is 0. The van der Waals surface area contributed by atoms with Crippen LogP contribution in [-0.4, -0.2) is 33.4 Å². The second-order valence-corrected chi connectivity index (χ2v) is 6.66. The molecule has 0 unspecified atom stereocenters. The van der Waals surface area contributed by atoms with Gasteiger partial charge in [-0.2, -0.15) is 0 Å². The van der Waals surface area contributed by atoms with Gasteiger partial charge in [0.15, 0.2) is 0 Å². The smallest absolute Gasteiger partial charge is 0.232 e. The average Bonchev–Trinajstić information content (AvgIpc) is 3.06. The molecule has 5 nitrogen and oxygen atoms in total. The number of nitrogens with one attached hydrogen (secondary N) is 2. The second kappa shape index (κ2) is 8.48. The average molecular weight is 352 g/mol. The highest BCUT2D eigenvalue weighted by Crippen LogP contribution is 2.24. The number of aromatic nitrogens is 3. The molecule has 2 aromatic carbocycles. The summed E-state index contributed by atoms with van der Waals surface area (Å²) in [6, 6.07) is 19.7. The fraction of sp³-hybridized carbons (Fsp3) is 0.211. The van der Waals surface area contributed by atoms with E-state index < -0.39 is 0 Å². The number of carbonyl (C=O) groups excluding carboxylic acids is 1. The molecule has 0 radical (unpaired) electrons. The van der Waals surface area contributed by atoms with Gasteiger partial charge in [-0.1, -0.05) is 72.4 Å². The van der Waals surface area contributed by atoms with Crippen molar-refractivity contribution in [1.29, 1.82) is 0 Å². The van der Waals surface area contributed by atoms with Crippen molar-refractivity contribution in [3.05, 3.63) is 77.6 Å². The van der Waals surface area contributed by atoms with Gasteiger partial charge in [0.05, 0.1) is 5.92 Å². The third-order valence-electron chi connectivity index (χ3n) is 3.74. The van der Waals surface area contributed by atoms with E-state index in [4.69, 9.17) is 0 Å². The van der Waals surface area contributed by atoms with Crippen LogP contribution < -0.4 is 5.32 Å². The molecule has 0 aliphatic carbocycles. The van der Waals surface area contributed by atoms with Crippen LogP contribution in [0, 0.1) is 6.92 Å². The van der Waals surface area contributed by atoms with Crippen LogP contribution in [0.1, 0.15) is 22.9 Å². The Hall–Kier alpha value is -2.60. The molecular formula is C19H20N4OS. The van der Waals surface area contributed by atoms with Gasteiger partial charge in [0, 0.05) is 12.3 Å². The van der Waals surface area contributed by atoms with Crippen LogP contribution >= 0.6 is 11.8 Å². The van der Waals surface area contributed by atoms with E-state index in [2.05, 4.69) is 20.5 Å². The van der Waals surface area contributed by atoms with E-state index in [1.165, 1.54) is 11.8 Å². The maximum Gasteiger partial charge on any atom is 0.232 e.